The van der Waals surface area contributed by atoms with E-state index < -0.39 is 0 Å². The normalized spacial score (nSPS) is 14.8. The monoisotopic (exact) mass is 212 g/mol. The zero-order chi connectivity index (χ0) is 11.1. The van der Waals surface area contributed by atoms with E-state index in [1.165, 1.54) is 11.3 Å². The predicted molar refractivity (Wildman–Crippen MR) is 60.9 cm³/mol. The third-order valence-electron chi connectivity index (χ3n) is 3.22. The zero-order valence-electron chi connectivity index (χ0n) is 9.12. The van der Waals surface area contributed by atoms with E-state index in [-0.39, 0.29) is 0 Å². The lowest BCUT2D eigenvalue weighted by molar-refractivity contribution is 0.522. The summed E-state index contributed by atoms with van der Waals surface area (Å²) in [4.78, 5) is 4.40. The number of nitriles is 1. The standard InChI is InChI=1S/C12H12N4/c1-8-10-4-9(5-13)6-15-12(10)16-3-2-14-7-11(8)16/h4,6,14H,2-3,7H2,1H3. The number of rotatable bonds is 0. The molecular formula is C12H12N4. The van der Waals surface area contributed by atoms with Gasteiger partial charge in [-0.3, -0.25) is 0 Å². The van der Waals surface area contributed by atoms with Crippen LogP contribution in [-0.2, 0) is 13.1 Å². The van der Waals surface area contributed by atoms with Crippen LogP contribution in [0.15, 0.2) is 12.3 Å². The van der Waals surface area contributed by atoms with Gasteiger partial charge in [0.25, 0.3) is 0 Å². The lowest BCUT2D eigenvalue weighted by Gasteiger charge is -2.17. The van der Waals surface area contributed by atoms with Crippen molar-refractivity contribution in [3.63, 3.8) is 0 Å². The van der Waals surface area contributed by atoms with Crippen molar-refractivity contribution in [1.82, 2.24) is 14.9 Å². The van der Waals surface area contributed by atoms with Gasteiger partial charge in [-0.2, -0.15) is 5.26 Å². The van der Waals surface area contributed by atoms with E-state index in [1.807, 2.05) is 6.07 Å². The maximum atomic E-state index is 8.88. The molecular weight excluding hydrogens is 200 g/mol. The van der Waals surface area contributed by atoms with Gasteiger partial charge in [0.2, 0.25) is 0 Å². The van der Waals surface area contributed by atoms with E-state index in [2.05, 4.69) is 27.9 Å². The molecule has 1 N–H and O–H groups in total. The van der Waals surface area contributed by atoms with Crippen molar-refractivity contribution >= 4 is 11.0 Å². The Morgan fingerprint density at radius 3 is 3.25 bits per heavy atom. The first-order valence-electron chi connectivity index (χ1n) is 5.40. The van der Waals surface area contributed by atoms with Gasteiger partial charge in [0.15, 0.2) is 0 Å². The molecule has 3 rings (SSSR count). The Kier molecular flexibility index (Phi) is 1.95. The minimum absolute atomic E-state index is 0.631. The molecule has 80 valence electrons. The molecule has 4 nitrogen and oxygen atoms in total. The van der Waals surface area contributed by atoms with Gasteiger partial charge < -0.3 is 9.88 Å². The third kappa shape index (κ3) is 1.15. The number of aryl methyl sites for hydroxylation is 1. The van der Waals surface area contributed by atoms with E-state index >= 15 is 0 Å². The Balaban J connectivity index is 2.36. The van der Waals surface area contributed by atoms with Gasteiger partial charge in [-0.15, -0.1) is 0 Å². The highest BCUT2D eigenvalue weighted by atomic mass is 15.1. The molecule has 1 aliphatic heterocycles. The quantitative estimate of drug-likeness (QED) is 0.716. The number of hydrogen-bond donors (Lipinski definition) is 1. The highest BCUT2D eigenvalue weighted by Gasteiger charge is 2.17. The second-order valence-corrected chi connectivity index (χ2v) is 4.11. The smallest absolute Gasteiger partial charge is 0.140 e. The van der Waals surface area contributed by atoms with Crippen molar-refractivity contribution in [1.29, 1.82) is 5.26 Å². The molecule has 0 aliphatic carbocycles. The summed E-state index contributed by atoms with van der Waals surface area (Å²) in [6, 6.07) is 4.07. The summed E-state index contributed by atoms with van der Waals surface area (Å²) < 4.78 is 2.25. The molecule has 0 fully saturated rings. The van der Waals surface area contributed by atoms with Gasteiger partial charge in [0, 0.05) is 36.9 Å². The Bertz CT molecular complexity index is 603. The molecule has 0 aromatic carbocycles. The Hall–Kier alpha value is -1.86. The maximum Gasteiger partial charge on any atom is 0.140 e. The molecule has 0 atom stereocenters. The Morgan fingerprint density at radius 1 is 1.56 bits per heavy atom. The summed E-state index contributed by atoms with van der Waals surface area (Å²) in [5.41, 5.74) is 4.18. The minimum Gasteiger partial charge on any atom is -0.327 e. The van der Waals surface area contributed by atoms with Gasteiger partial charge in [-0.05, 0) is 18.6 Å². The minimum atomic E-state index is 0.631. The van der Waals surface area contributed by atoms with E-state index in [4.69, 9.17) is 5.26 Å². The lowest BCUT2D eigenvalue weighted by atomic mass is 10.1. The number of nitrogens with zero attached hydrogens (tertiary/aromatic N) is 3. The molecule has 0 amide bonds. The fourth-order valence-electron chi connectivity index (χ4n) is 2.36. The molecule has 16 heavy (non-hydrogen) atoms. The highest BCUT2D eigenvalue weighted by Crippen LogP contribution is 2.26. The van der Waals surface area contributed by atoms with Gasteiger partial charge in [-0.1, -0.05) is 0 Å². The molecule has 4 heteroatoms. The first kappa shape index (κ1) is 9.37. The van der Waals surface area contributed by atoms with Crippen molar-refractivity contribution in [3.8, 4) is 6.07 Å². The van der Waals surface area contributed by atoms with Crippen LogP contribution in [0.3, 0.4) is 0 Å². The maximum absolute atomic E-state index is 8.88. The van der Waals surface area contributed by atoms with Gasteiger partial charge >= 0.3 is 0 Å². The van der Waals surface area contributed by atoms with Crippen molar-refractivity contribution in [2.24, 2.45) is 0 Å². The zero-order valence-corrected chi connectivity index (χ0v) is 9.12. The van der Waals surface area contributed by atoms with Gasteiger partial charge in [0.05, 0.1) is 5.56 Å². The fourth-order valence-corrected chi connectivity index (χ4v) is 2.36. The first-order valence-corrected chi connectivity index (χ1v) is 5.40. The molecule has 0 bridgehead atoms. The van der Waals surface area contributed by atoms with E-state index in [9.17, 15) is 0 Å². The molecule has 0 saturated carbocycles. The summed E-state index contributed by atoms with van der Waals surface area (Å²) >= 11 is 0. The van der Waals surface area contributed by atoms with Gasteiger partial charge in [0.1, 0.15) is 11.7 Å². The summed E-state index contributed by atoms with van der Waals surface area (Å²) in [5, 5.41) is 13.3. The van der Waals surface area contributed by atoms with Crippen LogP contribution in [-0.4, -0.2) is 16.1 Å². The largest absolute Gasteiger partial charge is 0.327 e. The highest BCUT2D eigenvalue weighted by molar-refractivity contribution is 5.83. The van der Waals surface area contributed by atoms with E-state index in [0.29, 0.717) is 5.56 Å². The number of nitrogens with one attached hydrogen (secondary N) is 1. The van der Waals surface area contributed by atoms with Crippen molar-refractivity contribution in [3.05, 3.63) is 29.1 Å². The second-order valence-electron chi connectivity index (χ2n) is 4.11. The van der Waals surface area contributed by atoms with E-state index in [0.717, 1.165) is 30.7 Å². The van der Waals surface area contributed by atoms with Gasteiger partial charge in [-0.25, -0.2) is 4.98 Å². The Morgan fingerprint density at radius 2 is 2.44 bits per heavy atom. The fraction of sp³-hybridized carbons (Fsp3) is 0.333. The third-order valence-corrected chi connectivity index (χ3v) is 3.22. The van der Waals surface area contributed by atoms with Crippen LogP contribution in [0.5, 0.6) is 0 Å². The second kappa shape index (κ2) is 3.32. The van der Waals surface area contributed by atoms with Crippen LogP contribution in [0.2, 0.25) is 0 Å². The predicted octanol–water partition coefficient (Wildman–Crippen LogP) is 1.32. The summed E-state index contributed by atoms with van der Waals surface area (Å²) in [6.07, 6.45) is 1.65. The number of aromatic nitrogens is 2. The van der Waals surface area contributed by atoms with Crippen LogP contribution in [0, 0.1) is 18.3 Å². The van der Waals surface area contributed by atoms with Crippen LogP contribution in [0.4, 0.5) is 0 Å². The molecule has 0 radical (unpaired) electrons. The SMILES string of the molecule is Cc1c2n(c3ncc(C#N)cc13)CCNC2. The van der Waals surface area contributed by atoms with Crippen LogP contribution < -0.4 is 5.32 Å². The lowest BCUT2D eigenvalue weighted by Crippen LogP contribution is -2.28. The molecule has 2 aromatic heterocycles. The molecule has 1 aliphatic rings. The number of pyridine rings is 1. The number of hydrogen-bond acceptors (Lipinski definition) is 3. The molecule has 0 saturated heterocycles. The molecule has 2 aromatic rings. The van der Waals surface area contributed by atoms with E-state index in [1.54, 1.807) is 6.20 Å². The number of fused-ring (bicyclic) bond motifs is 3. The average molecular weight is 212 g/mol. The van der Waals surface area contributed by atoms with Crippen LogP contribution >= 0.6 is 0 Å². The van der Waals surface area contributed by atoms with Crippen LogP contribution in [0.25, 0.3) is 11.0 Å². The summed E-state index contributed by atoms with van der Waals surface area (Å²) in [6.45, 7) is 4.94. The summed E-state index contributed by atoms with van der Waals surface area (Å²) in [5.74, 6) is 0. The van der Waals surface area contributed by atoms with Crippen molar-refractivity contribution in [2.75, 3.05) is 6.54 Å². The van der Waals surface area contributed by atoms with Crippen LogP contribution in [0.1, 0.15) is 16.8 Å². The Labute approximate surface area is 93.5 Å². The topological polar surface area (TPSA) is 53.6 Å². The first-order chi connectivity index (χ1) is 7.81. The van der Waals surface area contributed by atoms with Crippen molar-refractivity contribution in [2.45, 2.75) is 20.0 Å². The van der Waals surface area contributed by atoms with Crippen molar-refractivity contribution < 1.29 is 0 Å². The molecule has 0 unspecified atom stereocenters. The molecule has 0 spiro atoms. The summed E-state index contributed by atoms with van der Waals surface area (Å²) in [7, 11) is 0. The average Bonchev–Trinajstić information content (AvgIpc) is 2.64. The molecule has 3 heterocycles.